The minimum absolute atomic E-state index is 0.138. The molecule has 5 heteroatoms. The lowest BCUT2D eigenvalue weighted by atomic mass is 9.94. The molecule has 0 bridgehead atoms. The molecule has 1 spiro atoms. The number of morpholine rings is 1. The second-order valence-electron chi connectivity index (χ2n) is 6.43. The van der Waals surface area contributed by atoms with Gasteiger partial charge in [0.25, 0.3) is 0 Å². The van der Waals surface area contributed by atoms with Gasteiger partial charge in [-0.1, -0.05) is 0 Å². The molecule has 3 heterocycles. The summed E-state index contributed by atoms with van der Waals surface area (Å²) >= 11 is 0. The molecular formula is C17H26N2O3. The summed E-state index contributed by atoms with van der Waals surface area (Å²) in [4.78, 5) is 7.05. The largest absolute Gasteiger partial charge is 0.496 e. The predicted molar refractivity (Wildman–Crippen MR) is 84.3 cm³/mol. The molecule has 5 nitrogen and oxygen atoms in total. The zero-order chi connectivity index (χ0) is 15.7. The van der Waals surface area contributed by atoms with Gasteiger partial charge in [-0.2, -0.15) is 0 Å². The summed E-state index contributed by atoms with van der Waals surface area (Å²) in [5, 5.41) is 0. The van der Waals surface area contributed by atoms with Crippen LogP contribution in [0.3, 0.4) is 0 Å². The van der Waals surface area contributed by atoms with Gasteiger partial charge >= 0.3 is 0 Å². The lowest BCUT2D eigenvalue weighted by Gasteiger charge is -2.42. The van der Waals surface area contributed by atoms with E-state index in [2.05, 4.69) is 23.7 Å². The maximum absolute atomic E-state index is 6.09. The van der Waals surface area contributed by atoms with Gasteiger partial charge in [0, 0.05) is 50.0 Å². The first-order valence-corrected chi connectivity index (χ1v) is 8.03. The highest BCUT2D eigenvalue weighted by Gasteiger charge is 2.45. The zero-order valence-electron chi connectivity index (χ0n) is 14.0. The number of methoxy groups -OCH3 is 1. The Morgan fingerprint density at radius 2 is 2.23 bits per heavy atom. The van der Waals surface area contributed by atoms with Gasteiger partial charge in [0.05, 0.1) is 25.5 Å². The first-order valence-electron chi connectivity index (χ1n) is 8.03. The van der Waals surface area contributed by atoms with E-state index in [0.717, 1.165) is 61.8 Å². The topological polar surface area (TPSA) is 43.8 Å². The van der Waals surface area contributed by atoms with E-state index in [0.29, 0.717) is 0 Å². The summed E-state index contributed by atoms with van der Waals surface area (Å²) < 4.78 is 17.3. The highest BCUT2D eigenvalue weighted by Crippen LogP contribution is 2.34. The summed E-state index contributed by atoms with van der Waals surface area (Å²) in [6, 6.07) is 0. The van der Waals surface area contributed by atoms with Crippen LogP contribution in [0.5, 0.6) is 5.75 Å². The second kappa shape index (κ2) is 6.14. The van der Waals surface area contributed by atoms with E-state index in [1.165, 1.54) is 0 Å². The molecule has 0 aliphatic carbocycles. The predicted octanol–water partition coefficient (Wildman–Crippen LogP) is 2.09. The van der Waals surface area contributed by atoms with Gasteiger partial charge < -0.3 is 14.2 Å². The van der Waals surface area contributed by atoms with Gasteiger partial charge in [0.1, 0.15) is 11.4 Å². The maximum atomic E-state index is 6.09. The van der Waals surface area contributed by atoms with Crippen LogP contribution in [0, 0.1) is 13.8 Å². The van der Waals surface area contributed by atoms with E-state index in [1.54, 1.807) is 7.11 Å². The van der Waals surface area contributed by atoms with Gasteiger partial charge in [-0.05, 0) is 20.8 Å². The third kappa shape index (κ3) is 2.73. The van der Waals surface area contributed by atoms with E-state index in [4.69, 9.17) is 14.2 Å². The van der Waals surface area contributed by atoms with Crippen molar-refractivity contribution in [1.29, 1.82) is 0 Å². The van der Waals surface area contributed by atoms with E-state index < -0.39 is 0 Å². The fourth-order valence-electron chi connectivity index (χ4n) is 3.62. The van der Waals surface area contributed by atoms with Crippen LogP contribution in [0.4, 0.5) is 0 Å². The summed E-state index contributed by atoms with van der Waals surface area (Å²) in [6.07, 6.45) is 3.05. The Morgan fingerprint density at radius 3 is 2.91 bits per heavy atom. The minimum Gasteiger partial charge on any atom is -0.496 e. The van der Waals surface area contributed by atoms with Crippen LogP contribution in [0.2, 0.25) is 0 Å². The first kappa shape index (κ1) is 15.7. The van der Waals surface area contributed by atoms with Crippen molar-refractivity contribution in [1.82, 2.24) is 9.88 Å². The fraction of sp³-hybridized carbons (Fsp3) is 0.706. The minimum atomic E-state index is -0.138. The van der Waals surface area contributed by atoms with Crippen LogP contribution >= 0.6 is 0 Å². The summed E-state index contributed by atoms with van der Waals surface area (Å²) in [6.45, 7) is 10.5. The van der Waals surface area contributed by atoms with Crippen molar-refractivity contribution in [3.05, 3.63) is 23.0 Å². The van der Waals surface area contributed by atoms with Crippen molar-refractivity contribution >= 4 is 0 Å². The Bertz CT molecular complexity index is 549. The average Bonchev–Trinajstić information content (AvgIpc) is 2.83. The average molecular weight is 306 g/mol. The van der Waals surface area contributed by atoms with Crippen molar-refractivity contribution in [2.75, 3.05) is 33.4 Å². The quantitative estimate of drug-likeness (QED) is 0.855. The van der Waals surface area contributed by atoms with Gasteiger partial charge in [-0.15, -0.1) is 0 Å². The standard InChI is InChI=1S/C17H26N2O3/c1-12-9-18-15(13(2)16(12)20-4)10-19-6-8-22-17(11-19)5-7-21-14(17)3/h9,14H,5-8,10-11H2,1-4H3. The van der Waals surface area contributed by atoms with Crippen LogP contribution in [0.25, 0.3) is 0 Å². The molecule has 0 aromatic carbocycles. The molecule has 0 amide bonds. The van der Waals surface area contributed by atoms with E-state index in [-0.39, 0.29) is 11.7 Å². The van der Waals surface area contributed by atoms with Crippen LogP contribution in [0.15, 0.2) is 6.20 Å². The van der Waals surface area contributed by atoms with Gasteiger partial charge in [0.2, 0.25) is 0 Å². The Morgan fingerprint density at radius 1 is 1.41 bits per heavy atom. The van der Waals surface area contributed by atoms with Gasteiger partial charge in [-0.3, -0.25) is 9.88 Å². The van der Waals surface area contributed by atoms with E-state index in [1.807, 2.05) is 13.1 Å². The molecule has 122 valence electrons. The lowest BCUT2D eigenvalue weighted by molar-refractivity contribution is -0.137. The van der Waals surface area contributed by atoms with Crippen molar-refractivity contribution in [2.24, 2.45) is 0 Å². The molecule has 1 aromatic heterocycles. The highest BCUT2D eigenvalue weighted by atomic mass is 16.6. The third-order valence-corrected chi connectivity index (χ3v) is 5.05. The van der Waals surface area contributed by atoms with E-state index >= 15 is 0 Å². The number of aromatic nitrogens is 1. The lowest BCUT2D eigenvalue weighted by Crippen LogP contribution is -2.55. The van der Waals surface area contributed by atoms with E-state index in [9.17, 15) is 0 Å². The molecule has 1 aromatic rings. The summed E-state index contributed by atoms with van der Waals surface area (Å²) in [5.74, 6) is 0.950. The highest BCUT2D eigenvalue weighted by molar-refractivity contribution is 5.41. The molecule has 0 radical (unpaired) electrons. The number of hydrogen-bond donors (Lipinski definition) is 0. The molecule has 2 unspecified atom stereocenters. The van der Waals surface area contributed by atoms with Gasteiger partial charge in [0.15, 0.2) is 0 Å². The van der Waals surface area contributed by atoms with Crippen molar-refractivity contribution < 1.29 is 14.2 Å². The van der Waals surface area contributed by atoms with Crippen LogP contribution in [-0.4, -0.2) is 55.0 Å². The molecule has 3 rings (SSSR count). The maximum Gasteiger partial charge on any atom is 0.128 e. The number of hydrogen-bond acceptors (Lipinski definition) is 5. The molecule has 22 heavy (non-hydrogen) atoms. The van der Waals surface area contributed by atoms with Crippen molar-refractivity contribution in [2.45, 2.75) is 45.4 Å². The van der Waals surface area contributed by atoms with Crippen LogP contribution in [0.1, 0.15) is 30.2 Å². The normalized spacial score (nSPS) is 29.2. The number of aryl methyl sites for hydroxylation is 1. The Balaban J connectivity index is 1.76. The second-order valence-corrected chi connectivity index (χ2v) is 6.43. The Hall–Kier alpha value is -1.17. The fourth-order valence-corrected chi connectivity index (χ4v) is 3.62. The molecule has 0 N–H and O–H groups in total. The van der Waals surface area contributed by atoms with Crippen molar-refractivity contribution in [3.8, 4) is 5.75 Å². The van der Waals surface area contributed by atoms with Gasteiger partial charge in [-0.25, -0.2) is 0 Å². The first-order chi connectivity index (χ1) is 10.6. The van der Waals surface area contributed by atoms with Crippen LogP contribution in [-0.2, 0) is 16.0 Å². The smallest absolute Gasteiger partial charge is 0.128 e. The molecular weight excluding hydrogens is 280 g/mol. The molecule has 2 fully saturated rings. The zero-order valence-corrected chi connectivity index (χ0v) is 14.0. The number of pyridine rings is 1. The molecule has 2 aliphatic heterocycles. The molecule has 2 aliphatic rings. The number of ether oxygens (including phenoxy) is 3. The molecule has 0 saturated carbocycles. The number of nitrogens with zero attached hydrogens (tertiary/aromatic N) is 2. The SMILES string of the molecule is COc1c(C)cnc(CN2CCOC3(CCOC3C)C2)c1C. The number of rotatable bonds is 3. The Kier molecular flexibility index (Phi) is 4.39. The third-order valence-electron chi connectivity index (χ3n) is 5.05. The summed E-state index contributed by atoms with van der Waals surface area (Å²) in [5.41, 5.74) is 3.17. The van der Waals surface area contributed by atoms with Crippen molar-refractivity contribution in [3.63, 3.8) is 0 Å². The van der Waals surface area contributed by atoms with Crippen LogP contribution < -0.4 is 4.74 Å². The monoisotopic (exact) mass is 306 g/mol. The molecule has 2 atom stereocenters. The molecule has 2 saturated heterocycles. The summed E-state index contributed by atoms with van der Waals surface area (Å²) in [7, 11) is 1.72. The Labute approximate surface area is 132 Å².